The summed E-state index contributed by atoms with van der Waals surface area (Å²) in [6, 6.07) is 13.5. The van der Waals surface area contributed by atoms with Crippen LogP contribution in [0.2, 0.25) is 5.02 Å². The number of fused-ring (bicyclic) bond motifs is 1. The summed E-state index contributed by atoms with van der Waals surface area (Å²) in [4.78, 5) is 43.6. The number of rotatable bonds is 7. The van der Waals surface area contributed by atoms with E-state index in [0.29, 0.717) is 22.4 Å². The maximum atomic E-state index is 14.2. The fourth-order valence-corrected chi connectivity index (χ4v) is 7.16. The molecule has 2 saturated heterocycles. The zero-order valence-corrected chi connectivity index (χ0v) is 23.4. The second-order valence-electron chi connectivity index (χ2n) is 11.4. The Morgan fingerprint density at radius 3 is 2.70 bits per heavy atom. The van der Waals surface area contributed by atoms with Gasteiger partial charge in [-0.15, -0.1) is 0 Å². The summed E-state index contributed by atoms with van der Waals surface area (Å²) in [6.07, 6.45) is 7.21. The molecular weight excluding hydrogens is 530 g/mol. The smallest absolute Gasteiger partial charge is 0.246 e. The third-order valence-electron chi connectivity index (χ3n) is 9.00. The van der Waals surface area contributed by atoms with Crippen LogP contribution in [0, 0.1) is 17.8 Å². The minimum atomic E-state index is -1.23. The maximum absolute atomic E-state index is 14.2. The largest absolute Gasteiger partial charge is 0.497 e. The summed E-state index contributed by atoms with van der Waals surface area (Å²) in [5.41, 5.74) is 0.0548. The van der Waals surface area contributed by atoms with Crippen molar-refractivity contribution in [2.75, 3.05) is 12.4 Å². The Kier molecular flexibility index (Phi) is 7.09. The molecule has 1 aliphatic carbocycles. The van der Waals surface area contributed by atoms with Crippen molar-refractivity contribution in [1.82, 2.24) is 10.2 Å². The van der Waals surface area contributed by atoms with Crippen LogP contribution in [0.5, 0.6) is 5.75 Å². The fraction of sp³-hybridized carbons (Fsp3) is 0.452. The average molecular weight is 564 g/mol. The predicted molar refractivity (Wildman–Crippen MR) is 151 cm³/mol. The number of ether oxygens (including phenoxy) is 2. The molecule has 40 heavy (non-hydrogen) atoms. The van der Waals surface area contributed by atoms with Crippen molar-refractivity contribution < 1.29 is 23.9 Å². The Balaban J connectivity index is 1.33. The minimum Gasteiger partial charge on any atom is -0.497 e. The van der Waals surface area contributed by atoms with E-state index >= 15 is 0 Å². The highest BCUT2D eigenvalue weighted by Crippen LogP contribution is 2.55. The molecule has 0 aromatic heterocycles. The van der Waals surface area contributed by atoms with Gasteiger partial charge >= 0.3 is 0 Å². The van der Waals surface area contributed by atoms with Crippen LogP contribution in [0.1, 0.15) is 38.2 Å². The predicted octanol–water partition coefficient (Wildman–Crippen LogP) is 4.33. The zero-order valence-electron chi connectivity index (χ0n) is 22.6. The third-order valence-corrected chi connectivity index (χ3v) is 9.37. The lowest BCUT2D eigenvalue weighted by Gasteiger charge is -2.36. The van der Waals surface area contributed by atoms with Gasteiger partial charge in [-0.1, -0.05) is 67.8 Å². The first-order valence-electron chi connectivity index (χ1n) is 14.0. The molecule has 9 heteroatoms. The number of halogens is 1. The normalized spacial score (nSPS) is 32.2. The van der Waals surface area contributed by atoms with Crippen LogP contribution in [0.15, 0.2) is 60.7 Å². The number of nitrogens with one attached hydrogen (secondary N) is 2. The minimum absolute atomic E-state index is 0.0312. The maximum Gasteiger partial charge on any atom is 0.246 e. The van der Waals surface area contributed by atoms with Gasteiger partial charge in [-0.05, 0) is 42.5 Å². The Morgan fingerprint density at radius 1 is 1.12 bits per heavy atom. The molecule has 2 aromatic rings. The summed E-state index contributed by atoms with van der Waals surface area (Å²) >= 11 is 6.49. The molecule has 0 radical (unpaired) electrons. The fourth-order valence-electron chi connectivity index (χ4n) is 6.97. The Bertz CT molecular complexity index is 1360. The molecule has 6 rings (SSSR count). The summed E-state index contributed by atoms with van der Waals surface area (Å²) in [5, 5.41) is 6.70. The first kappa shape index (κ1) is 26.8. The van der Waals surface area contributed by atoms with Crippen molar-refractivity contribution in [3.8, 4) is 5.75 Å². The van der Waals surface area contributed by atoms with Gasteiger partial charge in [-0.25, -0.2) is 0 Å². The number of carbonyl (C=O) groups is 3. The van der Waals surface area contributed by atoms with E-state index in [1.165, 1.54) is 0 Å². The summed E-state index contributed by atoms with van der Waals surface area (Å²) in [5.74, 6) is -1.54. The molecule has 3 fully saturated rings. The number of benzene rings is 2. The van der Waals surface area contributed by atoms with E-state index in [2.05, 4.69) is 17.6 Å². The molecule has 0 unspecified atom stereocenters. The van der Waals surface area contributed by atoms with Crippen molar-refractivity contribution in [2.24, 2.45) is 17.8 Å². The molecule has 3 aliphatic heterocycles. The van der Waals surface area contributed by atoms with Crippen molar-refractivity contribution in [2.45, 2.75) is 62.9 Å². The first-order valence-corrected chi connectivity index (χ1v) is 14.4. The Labute approximate surface area is 239 Å². The van der Waals surface area contributed by atoms with E-state index in [1.807, 2.05) is 30.4 Å². The molecule has 1 saturated carbocycles. The van der Waals surface area contributed by atoms with E-state index in [1.54, 1.807) is 42.3 Å². The standard InChI is InChI=1S/C31H34ClN3O5/c1-18-8-3-6-13-23(18)34-29(37)27-31-15-14-24(40-31)25(28(36)33-20-10-7-11-21(16-20)39-2)26(31)30(38)35(27)17-19-9-4-5-12-22(19)32/h4-5,7,9-12,14-16,18,23-27H,3,6,8,13,17H2,1-2H3,(H,33,36)(H,34,37)/t18-,23-,24+,25-,26+,27+,31+/m1/s1. The van der Waals surface area contributed by atoms with Gasteiger partial charge in [0.2, 0.25) is 17.7 Å². The van der Waals surface area contributed by atoms with Gasteiger partial charge in [0, 0.05) is 29.4 Å². The molecule has 2 bridgehead atoms. The van der Waals surface area contributed by atoms with Crippen LogP contribution in [-0.4, -0.2) is 53.5 Å². The highest BCUT2D eigenvalue weighted by Gasteiger charge is 2.72. The molecule has 7 atom stereocenters. The van der Waals surface area contributed by atoms with E-state index in [9.17, 15) is 14.4 Å². The quantitative estimate of drug-likeness (QED) is 0.489. The van der Waals surface area contributed by atoms with Gasteiger partial charge in [0.15, 0.2) is 0 Å². The van der Waals surface area contributed by atoms with Gasteiger partial charge in [-0.3, -0.25) is 14.4 Å². The lowest BCUT2D eigenvalue weighted by atomic mass is 9.74. The second-order valence-corrected chi connectivity index (χ2v) is 11.8. The van der Waals surface area contributed by atoms with Gasteiger partial charge < -0.3 is 25.0 Å². The number of carbonyl (C=O) groups excluding carboxylic acids is 3. The van der Waals surface area contributed by atoms with E-state index in [-0.39, 0.29) is 30.3 Å². The van der Waals surface area contributed by atoms with Crippen molar-refractivity contribution >= 4 is 35.0 Å². The number of methoxy groups -OCH3 is 1. The summed E-state index contributed by atoms with van der Waals surface area (Å²) < 4.78 is 11.7. The van der Waals surface area contributed by atoms with Crippen LogP contribution in [0.4, 0.5) is 5.69 Å². The number of likely N-dealkylation sites (tertiary alicyclic amines) is 1. The topological polar surface area (TPSA) is 97.0 Å². The number of hydrogen-bond donors (Lipinski definition) is 2. The van der Waals surface area contributed by atoms with Gasteiger partial charge in [0.25, 0.3) is 0 Å². The lowest BCUT2D eigenvalue weighted by molar-refractivity contribution is -0.142. The Hall–Kier alpha value is -3.36. The molecule has 3 amide bonds. The highest BCUT2D eigenvalue weighted by atomic mass is 35.5. The van der Waals surface area contributed by atoms with Gasteiger partial charge in [0.1, 0.15) is 17.4 Å². The van der Waals surface area contributed by atoms with Crippen LogP contribution < -0.4 is 15.4 Å². The van der Waals surface area contributed by atoms with Crippen LogP contribution in [-0.2, 0) is 25.7 Å². The molecule has 4 aliphatic rings. The summed E-state index contributed by atoms with van der Waals surface area (Å²) in [6.45, 7) is 2.30. The molecule has 8 nitrogen and oxygen atoms in total. The SMILES string of the molecule is COc1cccc(NC(=O)[C@@H]2[C@@H]3C=C[C@]4(O3)[C@@H]2C(=O)N(Cc2ccccc2Cl)[C@H]4C(=O)N[C@@H]2CCCC[C@H]2C)c1. The lowest BCUT2D eigenvalue weighted by Crippen LogP contribution is -2.57. The molecule has 1 spiro atoms. The Morgan fingerprint density at radius 2 is 1.93 bits per heavy atom. The summed E-state index contributed by atoms with van der Waals surface area (Å²) in [7, 11) is 1.56. The molecule has 2 aromatic carbocycles. The van der Waals surface area contributed by atoms with Crippen molar-refractivity contribution in [1.29, 1.82) is 0 Å². The number of hydrogen-bond acceptors (Lipinski definition) is 5. The van der Waals surface area contributed by atoms with Crippen LogP contribution in [0.25, 0.3) is 0 Å². The van der Waals surface area contributed by atoms with Crippen molar-refractivity contribution in [3.63, 3.8) is 0 Å². The van der Waals surface area contributed by atoms with Gasteiger partial charge in [0.05, 0.1) is 25.0 Å². The third kappa shape index (κ3) is 4.47. The monoisotopic (exact) mass is 563 g/mol. The van der Waals surface area contributed by atoms with E-state index < -0.39 is 29.6 Å². The zero-order chi connectivity index (χ0) is 28.0. The number of nitrogens with zero attached hydrogens (tertiary/aromatic N) is 1. The second kappa shape index (κ2) is 10.6. The van der Waals surface area contributed by atoms with Crippen LogP contribution in [0.3, 0.4) is 0 Å². The molecular formula is C31H34ClN3O5. The van der Waals surface area contributed by atoms with E-state index in [4.69, 9.17) is 21.1 Å². The molecule has 210 valence electrons. The number of anilines is 1. The van der Waals surface area contributed by atoms with Gasteiger partial charge in [-0.2, -0.15) is 0 Å². The first-order chi connectivity index (χ1) is 19.3. The molecule has 3 heterocycles. The van der Waals surface area contributed by atoms with Crippen molar-refractivity contribution in [3.05, 3.63) is 71.3 Å². The average Bonchev–Trinajstić information content (AvgIpc) is 3.59. The van der Waals surface area contributed by atoms with Crippen LogP contribution >= 0.6 is 11.6 Å². The van der Waals surface area contributed by atoms with E-state index in [0.717, 1.165) is 31.2 Å². The number of amides is 3. The highest BCUT2D eigenvalue weighted by molar-refractivity contribution is 6.31. The molecule has 2 N–H and O–H groups in total.